The smallest absolute Gasteiger partial charge is 0.164 e. The average molecular weight is 637 g/mol. The van der Waals surface area contributed by atoms with E-state index < -0.39 is 0 Å². The van der Waals surface area contributed by atoms with Gasteiger partial charge in [-0.1, -0.05) is 129 Å². The summed E-state index contributed by atoms with van der Waals surface area (Å²) < 4.78 is 0. The number of hydrogen-bond donors (Lipinski definition) is 2. The summed E-state index contributed by atoms with van der Waals surface area (Å²) in [6.07, 6.45) is 2.39. The van der Waals surface area contributed by atoms with Gasteiger partial charge in [-0.05, 0) is 65.1 Å². The SMILES string of the molecule is CCCC1Nc2ccccc2N1c1ccc(-c2ccc(N)cc2-c2ccc(-c3nc(-c4ccccc4)nc(-c4ccccc4)n3)cc2)cc1. The van der Waals surface area contributed by atoms with Gasteiger partial charge in [-0.25, -0.2) is 15.0 Å². The number of rotatable bonds is 8. The molecule has 1 unspecified atom stereocenters. The summed E-state index contributed by atoms with van der Waals surface area (Å²) in [6, 6.07) is 52.0. The van der Waals surface area contributed by atoms with Gasteiger partial charge in [0.15, 0.2) is 17.5 Å². The molecule has 6 heteroatoms. The van der Waals surface area contributed by atoms with Gasteiger partial charge in [0.1, 0.15) is 6.17 Å². The number of nitrogens with two attached hydrogens (primary N) is 1. The van der Waals surface area contributed by atoms with E-state index >= 15 is 0 Å². The van der Waals surface area contributed by atoms with Crippen LogP contribution in [-0.2, 0) is 0 Å². The fourth-order valence-electron chi connectivity index (χ4n) is 6.60. The van der Waals surface area contributed by atoms with Crippen LogP contribution in [0.2, 0.25) is 0 Å². The minimum absolute atomic E-state index is 0.232. The molecule has 7 aromatic rings. The van der Waals surface area contributed by atoms with Crippen LogP contribution >= 0.6 is 0 Å². The van der Waals surface area contributed by atoms with Crippen LogP contribution in [0, 0.1) is 0 Å². The molecule has 0 fully saturated rings. The number of nitrogens with zero attached hydrogens (tertiary/aromatic N) is 4. The van der Waals surface area contributed by atoms with Crippen LogP contribution in [0.3, 0.4) is 0 Å². The summed E-state index contributed by atoms with van der Waals surface area (Å²) in [7, 11) is 0. The van der Waals surface area contributed by atoms with E-state index in [2.05, 4.69) is 102 Å². The van der Waals surface area contributed by atoms with Crippen LogP contribution in [0.4, 0.5) is 22.7 Å². The van der Waals surface area contributed by atoms with Crippen molar-refractivity contribution in [2.45, 2.75) is 25.9 Å². The molecular formula is C43H36N6. The molecule has 238 valence electrons. The van der Waals surface area contributed by atoms with Gasteiger partial charge < -0.3 is 16.0 Å². The van der Waals surface area contributed by atoms with Crippen molar-refractivity contribution < 1.29 is 0 Å². The highest BCUT2D eigenvalue weighted by atomic mass is 15.3. The first-order valence-corrected chi connectivity index (χ1v) is 16.8. The Morgan fingerprint density at radius 1 is 0.551 bits per heavy atom. The fraction of sp³-hybridized carbons (Fsp3) is 0.0930. The second kappa shape index (κ2) is 13.1. The molecule has 1 aliphatic rings. The van der Waals surface area contributed by atoms with Crippen molar-refractivity contribution in [2.24, 2.45) is 0 Å². The molecule has 0 saturated heterocycles. The number of hydrogen-bond acceptors (Lipinski definition) is 6. The Balaban J connectivity index is 1.13. The molecule has 0 bridgehead atoms. The molecule has 2 heterocycles. The molecule has 8 rings (SSSR count). The van der Waals surface area contributed by atoms with Crippen molar-refractivity contribution in [2.75, 3.05) is 16.0 Å². The number of benzene rings is 6. The van der Waals surface area contributed by atoms with Crippen LogP contribution in [0.15, 0.2) is 152 Å². The summed E-state index contributed by atoms with van der Waals surface area (Å²) >= 11 is 0. The highest BCUT2D eigenvalue weighted by molar-refractivity contribution is 5.88. The third-order valence-electron chi connectivity index (χ3n) is 9.01. The van der Waals surface area contributed by atoms with Crippen molar-refractivity contribution in [1.29, 1.82) is 0 Å². The molecule has 1 aliphatic heterocycles. The Hall–Kier alpha value is -6.27. The second-order valence-corrected chi connectivity index (χ2v) is 12.3. The number of anilines is 4. The maximum atomic E-state index is 6.36. The zero-order valence-corrected chi connectivity index (χ0v) is 27.3. The van der Waals surface area contributed by atoms with E-state index in [4.69, 9.17) is 20.7 Å². The average Bonchev–Trinajstić information content (AvgIpc) is 3.53. The summed E-state index contributed by atoms with van der Waals surface area (Å²) in [5.74, 6) is 1.91. The molecule has 6 nitrogen and oxygen atoms in total. The van der Waals surface area contributed by atoms with E-state index in [1.165, 1.54) is 17.1 Å². The molecule has 0 radical (unpaired) electrons. The lowest BCUT2D eigenvalue weighted by atomic mass is 9.93. The van der Waals surface area contributed by atoms with Gasteiger partial charge in [0, 0.05) is 28.1 Å². The van der Waals surface area contributed by atoms with Gasteiger partial charge in [0.2, 0.25) is 0 Å². The number of nitrogen functional groups attached to an aromatic ring is 1. The largest absolute Gasteiger partial charge is 0.399 e. The number of aromatic nitrogens is 3. The Morgan fingerprint density at radius 3 is 1.67 bits per heavy atom. The predicted molar refractivity (Wildman–Crippen MR) is 202 cm³/mol. The first-order valence-electron chi connectivity index (χ1n) is 16.8. The molecule has 1 aromatic heterocycles. The minimum Gasteiger partial charge on any atom is -0.399 e. The van der Waals surface area contributed by atoms with E-state index in [-0.39, 0.29) is 6.17 Å². The molecule has 0 amide bonds. The third kappa shape index (κ3) is 6.01. The second-order valence-electron chi connectivity index (χ2n) is 12.3. The highest BCUT2D eigenvalue weighted by Gasteiger charge is 2.28. The Kier molecular flexibility index (Phi) is 8.04. The van der Waals surface area contributed by atoms with Crippen molar-refractivity contribution >= 4 is 22.7 Å². The maximum Gasteiger partial charge on any atom is 0.164 e. The highest BCUT2D eigenvalue weighted by Crippen LogP contribution is 2.42. The Bertz CT molecular complexity index is 2160. The quantitative estimate of drug-likeness (QED) is 0.162. The zero-order valence-electron chi connectivity index (χ0n) is 27.3. The van der Waals surface area contributed by atoms with E-state index in [0.717, 1.165) is 57.5 Å². The van der Waals surface area contributed by atoms with Crippen LogP contribution < -0.4 is 16.0 Å². The summed E-state index contributed by atoms with van der Waals surface area (Å²) in [4.78, 5) is 17.1. The van der Waals surface area contributed by atoms with Crippen LogP contribution in [0.25, 0.3) is 56.4 Å². The first-order chi connectivity index (χ1) is 24.1. The number of fused-ring (bicyclic) bond motifs is 1. The molecular weight excluding hydrogens is 601 g/mol. The summed E-state index contributed by atoms with van der Waals surface area (Å²) in [6.45, 7) is 2.23. The molecule has 0 spiro atoms. The standard InChI is InChI=1S/C43H36N6/c1-2-11-40-45-38-16-9-10-17-39(38)49(40)35-25-22-29(23-26-35)36-27-24-34(44)28-37(36)30-18-20-33(21-19-30)43-47-41(31-12-5-3-6-13-31)46-42(48-43)32-14-7-4-8-15-32/h3-10,12-28,40,45H,2,11,44H2,1H3. The van der Waals surface area contributed by atoms with Gasteiger partial charge in [-0.3, -0.25) is 0 Å². The maximum absolute atomic E-state index is 6.36. The van der Waals surface area contributed by atoms with Crippen molar-refractivity contribution in [1.82, 2.24) is 15.0 Å². The zero-order chi connectivity index (χ0) is 33.2. The van der Waals surface area contributed by atoms with Crippen molar-refractivity contribution in [3.8, 4) is 56.4 Å². The number of nitrogens with one attached hydrogen (secondary N) is 1. The lowest BCUT2D eigenvalue weighted by Crippen LogP contribution is -2.31. The fourth-order valence-corrected chi connectivity index (χ4v) is 6.60. The first kappa shape index (κ1) is 30.1. The van der Waals surface area contributed by atoms with Crippen LogP contribution in [0.1, 0.15) is 19.8 Å². The van der Waals surface area contributed by atoms with E-state index in [0.29, 0.717) is 17.5 Å². The summed E-state index contributed by atoms with van der Waals surface area (Å²) in [5, 5.41) is 3.71. The van der Waals surface area contributed by atoms with Gasteiger partial charge >= 0.3 is 0 Å². The predicted octanol–water partition coefficient (Wildman–Crippen LogP) is 10.5. The van der Waals surface area contributed by atoms with E-state index in [1.807, 2.05) is 66.7 Å². The lowest BCUT2D eigenvalue weighted by molar-refractivity contribution is 0.666. The van der Waals surface area contributed by atoms with Crippen molar-refractivity contribution in [3.05, 3.63) is 152 Å². The van der Waals surface area contributed by atoms with Gasteiger partial charge in [-0.2, -0.15) is 0 Å². The van der Waals surface area contributed by atoms with Crippen LogP contribution in [0.5, 0.6) is 0 Å². The molecule has 6 aromatic carbocycles. The number of para-hydroxylation sites is 2. The Morgan fingerprint density at radius 2 is 1.06 bits per heavy atom. The molecule has 3 N–H and O–H groups in total. The molecule has 0 aliphatic carbocycles. The normalized spacial score (nSPS) is 13.6. The van der Waals surface area contributed by atoms with E-state index in [1.54, 1.807) is 0 Å². The molecule has 1 atom stereocenters. The van der Waals surface area contributed by atoms with Gasteiger partial charge in [0.25, 0.3) is 0 Å². The van der Waals surface area contributed by atoms with E-state index in [9.17, 15) is 0 Å². The third-order valence-corrected chi connectivity index (χ3v) is 9.01. The van der Waals surface area contributed by atoms with Gasteiger partial charge in [-0.15, -0.1) is 0 Å². The lowest BCUT2D eigenvalue weighted by Gasteiger charge is -2.27. The molecule has 49 heavy (non-hydrogen) atoms. The monoisotopic (exact) mass is 636 g/mol. The minimum atomic E-state index is 0.232. The van der Waals surface area contributed by atoms with Crippen LogP contribution in [-0.4, -0.2) is 21.1 Å². The molecule has 0 saturated carbocycles. The summed E-state index contributed by atoms with van der Waals surface area (Å²) in [5.41, 5.74) is 17.8. The topological polar surface area (TPSA) is 80.0 Å². The van der Waals surface area contributed by atoms with Crippen molar-refractivity contribution in [3.63, 3.8) is 0 Å². The van der Waals surface area contributed by atoms with Gasteiger partial charge in [0.05, 0.1) is 11.4 Å². The Labute approximate surface area is 287 Å².